The third-order valence-electron chi connectivity index (χ3n) is 0. The van der Waals surface area contributed by atoms with Crippen LogP contribution in [0.4, 0.5) is 0 Å². The molecule has 0 aliphatic carbocycles. The minimum atomic E-state index is 0. The van der Waals surface area contributed by atoms with E-state index in [0.717, 1.165) is 0 Å². The van der Waals surface area contributed by atoms with Gasteiger partial charge in [0.25, 0.3) is 0 Å². The van der Waals surface area contributed by atoms with Gasteiger partial charge in [0, 0.05) is 21.1 Å². The summed E-state index contributed by atoms with van der Waals surface area (Å²) in [7, 11) is 0. The summed E-state index contributed by atoms with van der Waals surface area (Å²) in [5.41, 5.74) is 11.0. The molecule has 0 aromatic heterocycles. The molecule has 0 radical (unpaired) electrons. The van der Waals surface area contributed by atoms with Crippen molar-refractivity contribution < 1.29 is 21.1 Å². The van der Waals surface area contributed by atoms with Gasteiger partial charge in [0.2, 0.25) is 4.91 Å². The molecule has 3 nitrogen and oxygen atoms in total. The quantitative estimate of drug-likeness (QED) is 0.436. The molecule has 22 valence electrons. The monoisotopic (exact) mass is 228 g/mol. The standard InChI is InChI=1S/H2N3.W/c1-3-2;/h1-2H;/q+1;. The Morgan fingerprint density at radius 1 is 1.25 bits per heavy atom. The van der Waals surface area contributed by atoms with E-state index in [1.54, 1.807) is 0 Å². The molecule has 0 aromatic rings. The minimum Gasteiger partial charge on any atom is 0 e. The van der Waals surface area contributed by atoms with Crippen LogP contribution >= 0.6 is 0 Å². The molecule has 0 aliphatic heterocycles. The van der Waals surface area contributed by atoms with Gasteiger partial charge in [-0.25, -0.2) is 0 Å². The number of nitrogens with one attached hydrogen (secondary N) is 2. The van der Waals surface area contributed by atoms with Crippen LogP contribution in [0.3, 0.4) is 0 Å². The van der Waals surface area contributed by atoms with Crippen molar-refractivity contribution in [1.82, 2.24) is 4.91 Å². The molecule has 0 saturated heterocycles. The van der Waals surface area contributed by atoms with E-state index in [-0.39, 0.29) is 21.1 Å². The van der Waals surface area contributed by atoms with Crippen molar-refractivity contribution in [3.8, 4) is 0 Å². The molecule has 0 amide bonds. The molecule has 4 heteroatoms. The Hall–Kier alpha value is -0.00169. The number of nitrogens with zero attached hydrogens (tertiary/aromatic N) is 1. The number of rotatable bonds is 0. The van der Waals surface area contributed by atoms with Gasteiger partial charge in [0.05, 0.1) is 0 Å². The van der Waals surface area contributed by atoms with Gasteiger partial charge in [-0.15, -0.1) is 0 Å². The van der Waals surface area contributed by atoms with Crippen LogP contribution in [0.1, 0.15) is 0 Å². The average molecular weight is 228 g/mol. The fourth-order valence-corrected chi connectivity index (χ4v) is 0. The smallest absolute Gasteiger partial charge is 0 e. The maximum atomic E-state index is 5.50. The van der Waals surface area contributed by atoms with E-state index in [4.69, 9.17) is 11.1 Å². The first kappa shape index (κ1) is 9.00. The first-order chi connectivity index (χ1) is 1.41. The summed E-state index contributed by atoms with van der Waals surface area (Å²) < 4.78 is 0. The van der Waals surface area contributed by atoms with E-state index in [0.29, 0.717) is 0 Å². The summed E-state index contributed by atoms with van der Waals surface area (Å²) in [6, 6.07) is 0. The molecular weight excluding hydrogens is 226 g/mol. The largest absolute Gasteiger partial charge is 0.211 e. The van der Waals surface area contributed by atoms with Crippen molar-refractivity contribution in [2.75, 3.05) is 0 Å². The maximum Gasteiger partial charge on any atom is 0.211 e. The zero-order chi connectivity index (χ0) is 2.71. The van der Waals surface area contributed by atoms with E-state index >= 15 is 0 Å². The van der Waals surface area contributed by atoms with Gasteiger partial charge in [0.1, 0.15) is 11.1 Å². The van der Waals surface area contributed by atoms with Crippen LogP contribution in [0.25, 0.3) is 0 Å². The molecule has 0 aliphatic rings. The molecule has 0 spiro atoms. The Labute approximate surface area is 37.7 Å². The summed E-state index contributed by atoms with van der Waals surface area (Å²) in [5.74, 6) is 0. The van der Waals surface area contributed by atoms with Gasteiger partial charge < -0.3 is 0 Å². The zero-order valence-electron chi connectivity index (χ0n) is 1.86. The summed E-state index contributed by atoms with van der Waals surface area (Å²) in [4.78, 5) is 2.00. The summed E-state index contributed by atoms with van der Waals surface area (Å²) in [6.07, 6.45) is 0. The Morgan fingerprint density at radius 3 is 1.25 bits per heavy atom. The van der Waals surface area contributed by atoms with Gasteiger partial charge in [0.15, 0.2) is 0 Å². The Morgan fingerprint density at radius 2 is 1.25 bits per heavy atom. The molecule has 2 N–H and O–H groups in total. The molecular formula is H2N3W+. The fraction of sp³-hybridized carbons (Fsp3) is 0. The molecule has 0 heterocycles. The van der Waals surface area contributed by atoms with E-state index in [2.05, 4.69) is 0 Å². The van der Waals surface area contributed by atoms with E-state index in [9.17, 15) is 0 Å². The minimum absolute atomic E-state index is 0. The zero-order valence-corrected chi connectivity index (χ0v) is 4.79. The second-order valence-corrected chi connectivity index (χ2v) is 0.112. The van der Waals surface area contributed by atoms with Crippen molar-refractivity contribution in [2.24, 2.45) is 0 Å². The van der Waals surface area contributed by atoms with Crippen LogP contribution in [0.15, 0.2) is 0 Å². The van der Waals surface area contributed by atoms with Crippen molar-refractivity contribution >= 4 is 0 Å². The van der Waals surface area contributed by atoms with Crippen LogP contribution in [-0.2, 0) is 21.1 Å². The third-order valence-corrected chi connectivity index (χ3v) is 0. The molecule has 0 unspecified atom stereocenters. The molecule has 0 atom stereocenters. The molecule has 0 fully saturated rings. The van der Waals surface area contributed by atoms with Gasteiger partial charge in [-0.1, -0.05) is 0 Å². The van der Waals surface area contributed by atoms with Gasteiger partial charge in [-0.05, 0) is 0 Å². The Kier molecular flexibility index (Phi) is 27.0. The van der Waals surface area contributed by atoms with Crippen molar-refractivity contribution in [1.29, 1.82) is 11.1 Å². The maximum absolute atomic E-state index is 5.50. The predicted octanol–water partition coefficient (Wildman–Crippen LogP) is 0.113. The van der Waals surface area contributed by atoms with E-state index in [1.807, 2.05) is 4.91 Å². The van der Waals surface area contributed by atoms with Crippen LogP contribution in [0.2, 0.25) is 0 Å². The first-order valence-corrected chi connectivity index (χ1v) is 0.447. The first-order valence-electron chi connectivity index (χ1n) is 0.447. The van der Waals surface area contributed by atoms with Gasteiger partial charge in [-0.3, -0.25) is 0 Å². The van der Waals surface area contributed by atoms with Crippen LogP contribution in [0, 0.1) is 11.1 Å². The SMILES string of the molecule is N=[N+]=N.[W]. The number of hydrogen-bond donors (Lipinski definition) is 2. The predicted molar refractivity (Wildman–Crippen MR) is 7.57 cm³/mol. The Balaban J connectivity index is 0. The second kappa shape index (κ2) is 12.0. The van der Waals surface area contributed by atoms with Crippen LogP contribution in [0.5, 0.6) is 0 Å². The molecule has 0 aromatic carbocycles. The van der Waals surface area contributed by atoms with Crippen molar-refractivity contribution in [2.45, 2.75) is 0 Å². The second-order valence-electron chi connectivity index (χ2n) is 0.112. The van der Waals surface area contributed by atoms with Crippen molar-refractivity contribution in [3.05, 3.63) is 0 Å². The summed E-state index contributed by atoms with van der Waals surface area (Å²) >= 11 is 0. The van der Waals surface area contributed by atoms with Crippen LogP contribution < -0.4 is 4.91 Å². The van der Waals surface area contributed by atoms with Gasteiger partial charge >= 0.3 is 0 Å². The van der Waals surface area contributed by atoms with E-state index in [1.165, 1.54) is 0 Å². The molecule has 4 heavy (non-hydrogen) atoms. The van der Waals surface area contributed by atoms with Crippen LogP contribution in [-0.4, -0.2) is 0 Å². The Bertz CT molecular complexity index is 24.3. The normalized spacial score (nSPS) is 2.00. The number of hydrogen-bond acceptors (Lipinski definition) is 2. The molecule has 0 rings (SSSR count). The fourth-order valence-electron chi connectivity index (χ4n) is 0. The third kappa shape index (κ3) is 699000. The molecule has 0 saturated carbocycles. The topological polar surface area (TPSA) is 61.8 Å². The van der Waals surface area contributed by atoms with Gasteiger partial charge in [-0.2, -0.15) is 0 Å². The summed E-state index contributed by atoms with van der Waals surface area (Å²) in [6.45, 7) is 0. The molecule has 0 bridgehead atoms. The average Bonchev–Trinajstić information content (AvgIpc) is 0.918. The summed E-state index contributed by atoms with van der Waals surface area (Å²) in [5, 5.41) is 0. The van der Waals surface area contributed by atoms with Crippen molar-refractivity contribution in [3.63, 3.8) is 0 Å². The van der Waals surface area contributed by atoms with E-state index < -0.39 is 0 Å².